The number of anilines is 2. The predicted octanol–water partition coefficient (Wildman–Crippen LogP) is 1.55. The third kappa shape index (κ3) is 1.19. The summed E-state index contributed by atoms with van der Waals surface area (Å²) in [7, 11) is 0. The lowest BCUT2D eigenvalue weighted by Crippen LogP contribution is -2.36. The molecule has 0 aromatic heterocycles. The molecule has 2 aliphatic rings. The number of hydrogen-bond donors (Lipinski definition) is 1. The third-order valence-electron chi connectivity index (χ3n) is 4.01. The lowest BCUT2D eigenvalue weighted by molar-refractivity contribution is -0.125. The van der Waals surface area contributed by atoms with E-state index in [0.717, 1.165) is 11.0 Å². The highest BCUT2D eigenvalue weighted by molar-refractivity contribution is 6.25. The highest BCUT2D eigenvalue weighted by atomic mass is 19.1. The molecule has 0 radical (unpaired) electrons. The molecule has 18 heavy (non-hydrogen) atoms. The minimum atomic E-state index is -0.643. The van der Waals surface area contributed by atoms with Crippen LogP contribution in [0.25, 0.3) is 0 Å². The van der Waals surface area contributed by atoms with Crippen molar-refractivity contribution in [3.63, 3.8) is 0 Å². The summed E-state index contributed by atoms with van der Waals surface area (Å²) in [4.78, 5) is 25.2. The van der Waals surface area contributed by atoms with Gasteiger partial charge in [-0.25, -0.2) is 9.29 Å². The van der Waals surface area contributed by atoms with Gasteiger partial charge in [-0.2, -0.15) is 0 Å². The zero-order valence-electron chi connectivity index (χ0n) is 10.1. The van der Waals surface area contributed by atoms with Gasteiger partial charge in [0, 0.05) is 5.69 Å². The standard InChI is InChI=1S/C13H13FN2O2/c1-13(2)9-10(13)12(18)16(11(9)17)8-4-3-6(15)5-7(8)14/h3-5,9-10H,15H2,1-2H3. The van der Waals surface area contributed by atoms with E-state index >= 15 is 0 Å². The molecule has 1 saturated heterocycles. The normalized spacial score (nSPS) is 28.5. The molecule has 1 saturated carbocycles. The monoisotopic (exact) mass is 248 g/mol. The van der Waals surface area contributed by atoms with Gasteiger partial charge in [-0.1, -0.05) is 13.8 Å². The first kappa shape index (κ1) is 11.2. The van der Waals surface area contributed by atoms with Crippen molar-refractivity contribution in [2.75, 3.05) is 10.6 Å². The van der Waals surface area contributed by atoms with Crippen LogP contribution >= 0.6 is 0 Å². The predicted molar refractivity (Wildman–Crippen MR) is 64.1 cm³/mol. The summed E-state index contributed by atoms with van der Waals surface area (Å²) in [6, 6.07) is 3.97. The van der Waals surface area contributed by atoms with Gasteiger partial charge in [0.15, 0.2) is 0 Å². The highest BCUT2D eigenvalue weighted by Gasteiger charge is 2.72. The number of hydrogen-bond acceptors (Lipinski definition) is 3. The van der Waals surface area contributed by atoms with Crippen molar-refractivity contribution in [2.45, 2.75) is 13.8 Å². The Morgan fingerprint density at radius 1 is 1.22 bits per heavy atom. The topological polar surface area (TPSA) is 63.4 Å². The summed E-state index contributed by atoms with van der Waals surface area (Å²) in [5, 5.41) is 0. The minimum absolute atomic E-state index is 0.00204. The number of piperidine rings is 1. The van der Waals surface area contributed by atoms with E-state index in [1.54, 1.807) is 0 Å². The maximum atomic E-state index is 13.8. The number of nitrogens with zero attached hydrogens (tertiary/aromatic N) is 1. The summed E-state index contributed by atoms with van der Waals surface area (Å²) in [6.07, 6.45) is 0. The summed E-state index contributed by atoms with van der Waals surface area (Å²) in [5.41, 5.74) is 5.43. The molecule has 94 valence electrons. The molecule has 0 bridgehead atoms. The minimum Gasteiger partial charge on any atom is -0.399 e. The Morgan fingerprint density at radius 3 is 2.28 bits per heavy atom. The zero-order chi connectivity index (χ0) is 13.2. The molecule has 2 atom stereocenters. The number of rotatable bonds is 1. The van der Waals surface area contributed by atoms with E-state index in [-0.39, 0.29) is 40.4 Å². The average molecular weight is 248 g/mol. The number of nitrogen functional groups attached to an aromatic ring is 1. The number of carbonyl (C=O) groups excluding carboxylic acids is 2. The maximum absolute atomic E-state index is 13.8. The molecule has 2 fully saturated rings. The second-order valence-electron chi connectivity index (χ2n) is 5.50. The van der Waals surface area contributed by atoms with E-state index in [4.69, 9.17) is 5.73 Å². The molecular weight excluding hydrogens is 235 g/mol. The fourth-order valence-corrected chi connectivity index (χ4v) is 2.89. The van der Waals surface area contributed by atoms with Crippen LogP contribution in [0.1, 0.15) is 13.8 Å². The number of fused-ring (bicyclic) bond motifs is 1. The van der Waals surface area contributed by atoms with Crippen LogP contribution in [0.3, 0.4) is 0 Å². The fraction of sp³-hybridized carbons (Fsp3) is 0.385. The number of halogens is 1. The van der Waals surface area contributed by atoms with E-state index in [1.807, 2.05) is 13.8 Å². The van der Waals surface area contributed by atoms with E-state index in [0.29, 0.717) is 0 Å². The lowest BCUT2D eigenvalue weighted by Gasteiger charge is -2.21. The molecular formula is C13H13FN2O2. The van der Waals surface area contributed by atoms with Crippen molar-refractivity contribution >= 4 is 23.2 Å². The summed E-state index contributed by atoms with van der Waals surface area (Å²) >= 11 is 0. The molecule has 1 aromatic rings. The summed E-state index contributed by atoms with van der Waals surface area (Å²) in [6.45, 7) is 3.77. The van der Waals surface area contributed by atoms with E-state index in [9.17, 15) is 14.0 Å². The van der Waals surface area contributed by atoms with Gasteiger partial charge < -0.3 is 5.73 Å². The Labute approximate surface area is 104 Å². The fourth-order valence-electron chi connectivity index (χ4n) is 2.89. The second kappa shape index (κ2) is 3.10. The van der Waals surface area contributed by atoms with Crippen molar-refractivity contribution in [1.82, 2.24) is 0 Å². The Bertz CT molecular complexity index is 558. The molecule has 2 N–H and O–H groups in total. The Hall–Kier alpha value is -1.91. The van der Waals surface area contributed by atoms with Crippen molar-refractivity contribution in [3.8, 4) is 0 Å². The quantitative estimate of drug-likeness (QED) is 0.606. The van der Waals surface area contributed by atoms with Crippen LogP contribution in [0.2, 0.25) is 0 Å². The van der Waals surface area contributed by atoms with Crippen molar-refractivity contribution in [3.05, 3.63) is 24.0 Å². The Morgan fingerprint density at radius 2 is 1.78 bits per heavy atom. The van der Waals surface area contributed by atoms with Crippen LogP contribution in [0.5, 0.6) is 0 Å². The number of amides is 2. The molecule has 3 rings (SSSR count). The molecule has 4 nitrogen and oxygen atoms in total. The van der Waals surface area contributed by atoms with Crippen molar-refractivity contribution in [1.29, 1.82) is 0 Å². The largest absolute Gasteiger partial charge is 0.399 e. The van der Waals surface area contributed by atoms with Crippen molar-refractivity contribution < 1.29 is 14.0 Å². The number of imide groups is 1. The molecule has 1 heterocycles. The first-order chi connectivity index (χ1) is 8.35. The van der Waals surface area contributed by atoms with Crippen LogP contribution in [0.4, 0.5) is 15.8 Å². The second-order valence-corrected chi connectivity index (χ2v) is 5.50. The first-order valence-electron chi connectivity index (χ1n) is 5.78. The van der Waals surface area contributed by atoms with Gasteiger partial charge in [-0.3, -0.25) is 9.59 Å². The van der Waals surface area contributed by atoms with Crippen LogP contribution in [-0.2, 0) is 9.59 Å². The third-order valence-corrected chi connectivity index (χ3v) is 4.01. The molecule has 2 amide bonds. The smallest absolute Gasteiger partial charge is 0.238 e. The molecule has 5 heteroatoms. The van der Waals surface area contributed by atoms with Gasteiger partial charge in [0.1, 0.15) is 5.82 Å². The number of carbonyl (C=O) groups is 2. The van der Waals surface area contributed by atoms with Gasteiger partial charge in [0.05, 0.1) is 17.5 Å². The average Bonchev–Trinajstić information content (AvgIpc) is 2.72. The summed E-state index contributed by atoms with van der Waals surface area (Å²) < 4.78 is 13.8. The molecule has 0 spiro atoms. The van der Waals surface area contributed by atoms with Crippen LogP contribution in [-0.4, -0.2) is 11.8 Å². The summed E-state index contributed by atoms with van der Waals surface area (Å²) in [5.74, 6) is -1.86. The molecule has 1 aromatic carbocycles. The van der Waals surface area contributed by atoms with Crippen molar-refractivity contribution in [2.24, 2.45) is 17.3 Å². The Kier molecular flexibility index (Phi) is 1.93. The van der Waals surface area contributed by atoms with Gasteiger partial charge >= 0.3 is 0 Å². The number of benzene rings is 1. The molecule has 2 unspecified atom stereocenters. The van der Waals surface area contributed by atoms with E-state index in [2.05, 4.69) is 0 Å². The van der Waals surface area contributed by atoms with Gasteiger partial charge in [-0.05, 0) is 23.6 Å². The van der Waals surface area contributed by atoms with E-state index < -0.39 is 5.82 Å². The molecule has 1 aliphatic carbocycles. The zero-order valence-corrected chi connectivity index (χ0v) is 10.1. The van der Waals surface area contributed by atoms with Gasteiger partial charge in [-0.15, -0.1) is 0 Å². The Balaban J connectivity index is 2.01. The maximum Gasteiger partial charge on any atom is 0.238 e. The van der Waals surface area contributed by atoms with Crippen LogP contribution in [0, 0.1) is 23.1 Å². The van der Waals surface area contributed by atoms with Gasteiger partial charge in [0.2, 0.25) is 11.8 Å². The highest BCUT2D eigenvalue weighted by Crippen LogP contribution is 2.63. The van der Waals surface area contributed by atoms with Crippen LogP contribution in [0.15, 0.2) is 18.2 Å². The SMILES string of the molecule is CC1(C)C2C(=O)N(c3ccc(N)cc3F)C(=O)C21. The van der Waals surface area contributed by atoms with E-state index in [1.165, 1.54) is 12.1 Å². The van der Waals surface area contributed by atoms with Crippen LogP contribution < -0.4 is 10.6 Å². The lowest BCUT2D eigenvalue weighted by atomic mass is 10.1. The molecule has 1 aliphatic heterocycles. The number of nitrogens with two attached hydrogens (primary N) is 1. The van der Waals surface area contributed by atoms with Gasteiger partial charge in [0.25, 0.3) is 0 Å². The first-order valence-corrected chi connectivity index (χ1v) is 5.78.